The van der Waals surface area contributed by atoms with Crippen LogP contribution in [0.5, 0.6) is 5.75 Å². The van der Waals surface area contributed by atoms with Crippen LogP contribution >= 0.6 is 0 Å². The summed E-state index contributed by atoms with van der Waals surface area (Å²) in [5.74, 6) is 0.0203. The number of amides is 2. The van der Waals surface area contributed by atoms with Gasteiger partial charge in [-0.1, -0.05) is 59.8 Å². The first-order chi connectivity index (χ1) is 21.6. The SMILES string of the molecule is COc1ccc(N(C(=O)Cn2nnc3ccccc32)C(C(=O)NCc2ccccc2)c2ccc(N3CCOCC3)cc2)cc1. The second-order valence-corrected chi connectivity index (χ2v) is 10.5. The van der Waals surface area contributed by atoms with E-state index >= 15 is 0 Å². The summed E-state index contributed by atoms with van der Waals surface area (Å²) in [6.07, 6.45) is 0. The molecule has 1 saturated heterocycles. The largest absolute Gasteiger partial charge is 0.497 e. The van der Waals surface area contributed by atoms with Gasteiger partial charge in [0.15, 0.2) is 0 Å². The van der Waals surface area contributed by atoms with Crippen LogP contribution < -0.4 is 19.9 Å². The second-order valence-electron chi connectivity index (χ2n) is 10.5. The first kappa shape index (κ1) is 28.9. The number of para-hydroxylation sites is 1. The Morgan fingerprint density at radius 3 is 2.34 bits per heavy atom. The Labute approximate surface area is 255 Å². The standard InChI is InChI=1S/C34H34N6O4/c1-43-29-17-15-28(16-18-29)40(32(41)24-39-31-10-6-5-9-30(31)36-37-39)33(34(42)35-23-25-7-3-2-4-8-25)26-11-13-27(14-12-26)38-19-21-44-22-20-38/h2-18,33H,19-24H2,1H3,(H,35,42). The van der Waals surface area contributed by atoms with Gasteiger partial charge in [0.05, 0.1) is 25.8 Å². The third-order valence-electron chi connectivity index (χ3n) is 7.73. The minimum atomic E-state index is -0.965. The number of hydrogen-bond acceptors (Lipinski definition) is 7. The molecule has 4 aromatic carbocycles. The molecule has 44 heavy (non-hydrogen) atoms. The van der Waals surface area contributed by atoms with Crippen molar-refractivity contribution >= 4 is 34.2 Å². The lowest BCUT2D eigenvalue weighted by atomic mass is 10.0. The maximum Gasteiger partial charge on any atom is 0.249 e. The van der Waals surface area contributed by atoms with Crippen molar-refractivity contribution in [3.8, 4) is 5.75 Å². The molecule has 1 N–H and O–H groups in total. The molecule has 10 heteroatoms. The summed E-state index contributed by atoms with van der Waals surface area (Å²) in [7, 11) is 1.59. The van der Waals surface area contributed by atoms with Crippen molar-refractivity contribution in [3.63, 3.8) is 0 Å². The van der Waals surface area contributed by atoms with E-state index in [2.05, 4.69) is 20.5 Å². The molecule has 0 saturated carbocycles. The summed E-state index contributed by atoms with van der Waals surface area (Å²) >= 11 is 0. The zero-order chi connectivity index (χ0) is 30.3. The molecule has 2 amide bonds. The van der Waals surface area contributed by atoms with Gasteiger partial charge in [0, 0.05) is 31.0 Å². The van der Waals surface area contributed by atoms with E-state index in [-0.39, 0.29) is 18.4 Å². The Kier molecular flexibility index (Phi) is 8.79. The highest BCUT2D eigenvalue weighted by atomic mass is 16.5. The average Bonchev–Trinajstić information content (AvgIpc) is 3.49. The third-order valence-corrected chi connectivity index (χ3v) is 7.73. The van der Waals surface area contributed by atoms with Gasteiger partial charge in [0.25, 0.3) is 0 Å². The molecular formula is C34H34N6O4. The lowest BCUT2D eigenvalue weighted by Crippen LogP contribution is -2.45. The molecule has 0 aliphatic carbocycles. The van der Waals surface area contributed by atoms with Gasteiger partial charge in [-0.2, -0.15) is 0 Å². The summed E-state index contributed by atoms with van der Waals surface area (Å²) in [5, 5.41) is 11.5. The van der Waals surface area contributed by atoms with Gasteiger partial charge in [-0.25, -0.2) is 4.68 Å². The number of nitrogens with one attached hydrogen (secondary N) is 1. The van der Waals surface area contributed by atoms with Crippen molar-refractivity contribution in [2.45, 2.75) is 19.1 Å². The summed E-state index contributed by atoms with van der Waals surface area (Å²) in [6.45, 7) is 3.14. The van der Waals surface area contributed by atoms with Gasteiger partial charge in [-0.05, 0) is 59.7 Å². The summed E-state index contributed by atoms with van der Waals surface area (Å²) in [6, 6.07) is 31.2. The van der Waals surface area contributed by atoms with Crippen molar-refractivity contribution in [2.24, 2.45) is 0 Å². The van der Waals surface area contributed by atoms with Crippen molar-refractivity contribution in [3.05, 3.63) is 114 Å². The number of morpholine rings is 1. The van der Waals surface area contributed by atoms with Crippen LogP contribution in [0.1, 0.15) is 17.2 Å². The van der Waals surface area contributed by atoms with E-state index < -0.39 is 6.04 Å². The highest BCUT2D eigenvalue weighted by Crippen LogP contribution is 2.31. The Morgan fingerprint density at radius 2 is 1.61 bits per heavy atom. The van der Waals surface area contributed by atoms with Crippen LogP contribution in [0.4, 0.5) is 11.4 Å². The number of nitrogens with zero attached hydrogens (tertiary/aromatic N) is 5. The number of rotatable bonds is 10. The van der Waals surface area contributed by atoms with Gasteiger partial charge in [0.1, 0.15) is 23.9 Å². The van der Waals surface area contributed by atoms with E-state index in [1.165, 1.54) is 0 Å². The average molecular weight is 591 g/mol. The minimum Gasteiger partial charge on any atom is -0.497 e. The van der Waals surface area contributed by atoms with Crippen LogP contribution in [-0.2, 0) is 27.4 Å². The number of fused-ring (bicyclic) bond motifs is 1. The number of benzene rings is 4. The second kappa shape index (κ2) is 13.4. The fourth-order valence-electron chi connectivity index (χ4n) is 5.41. The number of hydrogen-bond donors (Lipinski definition) is 1. The predicted molar refractivity (Wildman–Crippen MR) is 169 cm³/mol. The molecule has 0 radical (unpaired) electrons. The molecule has 1 aromatic heterocycles. The molecule has 1 aliphatic heterocycles. The van der Waals surface area contributed by atoms with Crippen LogP contribution in [0.15, 0.2) is 103 Å². The molecule has 0 spiro atoms. The lowest BCUT2D eigenvalue weighted by Gasteiger charge is -2.32. The maximum atomic E-state index is 14.3. The zero-order valence-electron chi connectivity index (χ0n) is 24.5. The number of ether oxygens (including phenoxy) is 2. The van der Waals surface area contributed by atoms with Crippen molar-refractivity contribution in [1.82, 2.24) is 20.3 Å². The fraction of sp³-hybridized carbons (Fsp3) is 0.235. The van der Waals surface area contributed by atoms with Crippen LogP contribution in [0.2, 0.25) is 0 Å². The Balaban J connectivity index is 1.38. The van der Waals surface area contributed by atoms with Crippen molar-refractivity contribution in [1.29, 1.82) is 0 Å². The number of carbonyl (C=O) groups excluding carboxylic acids is 2. The number of aromatic nitrogens is 3. The van der Waals surface area contributed by atoms with Crippen molar-refractivity contribution in [2.75, 3.05) is 43.2 Å². The quantitative estimate of drug-likeness (QED) is 0.258. The van der Waals surface area contributed by atoms with Crippen LogP contribution in [-0.4, -0.2) is 60.2 Å². The molecule has 6 rings (SSSR count). The fourth-order valence-corrected chi connectivity index (χ4v) is 5.41. The monoisotopic (exact) mass is 590 g/mol. The Bertz CT molecular complexity index is 1700. The number of anilines is 2. The van der Waals surface area contributed by atoms with Crippen LogP contribution in [0, 0.1) is 0 Å². The highest BCUT2D eigenvalue weighted by Gasteiger charge is 2.33. The van der Waals surface area contributed by atoms with Crippen LogP contribution in [0.25, 0.3) is 11.0 Å². The molecule has 1 aliphatic rings. The zero-order valence-corrected chi connectivity index (χ0v) is 24.5. The summed E-state index contributed by atoms with van der Waals surface area (Å²) in [4.78, 5) is 32.3. The number of carbonyl (C=O) groups is 2. The van der Waals surface area contributed by atoms with Gasteiger partial charge >= 0.3 is 0 Å². The first-order valence-corrected chi connectivity index (χ1v) is 14.6. The maximum absolute atomic E-state index is 14.3. The van der Waals surface area contributed by atoms with Crippen molar-refractivity contribution < 1.29 is 19.1 Å². The van der Waals surface area contributed by atoms with E-state index in [0.717, 1.165) is 29.9 Å². The summed E-state index contributed by atoms with van der Waals surface area (Å²) in [5.41, 5.74) is 4.65. The lowest BCUT2D eigenvalue weighted by molar-refractivity contribution is -0.127. The molecule has 1 atom stereocenters. The molecule has 1 unspecified atom stereocenters. The normalized spacial score (nSPS) is 13.8. The van der Waals surface area contributed by atoms with E-state index in [1.54, 1.807) is 41.0 Å². The molecule has 5 aromatic rings. The molecule has 10 nitrogen and oxygen atoms in total. The molecule has 2 heterocycles. The van der Waals surface area contributed by atoms with Gasteiger partial charge in [-0.15, -0.1) is 5.10 Å². The van der Waals surface area contributed by atoms with Crippen LogP contribution in [0.3, 0.4) is 0 Å². The Hall–Kier alpha value is -5.22. The van der Waals surface area contributed by atoms with E-state index in [4.69, 9.17) is 9.47 Å². The number of methoxy groups -OCH3 is 1. The minimum absolute atomic E-state index is 0.110. The molecule has 1 fully saturated rings. The van der Waals surface area contributed by atoms with Gasteiger partial charge in [0.2, 0.25) is 11.8 Å². The van der Waals surface area contributed by atoms with E-state index in [9.17, 15) is 9.59 Å². The molecular weight excluding hydrogens is 556 g/mol. The summed E-state index contributed by atoms with van der Waals surface area (Å²) < 4.78 is 12.5. The van der Waals surface area contributed by atoms with E-state index in [0.29, 0.717) is 42.3 Å². The predicted octanol–water partition coefficient (Wildman–Crippen LogP) is 4.37. The van der Waals surface area contributed by atoms with Gasteiger partial charge in [-0.3, -0.25) is 14.5 Å². The highest BCUT2D eigenvalue weighted by molar-refractivity contribution is 6.01. The molecule has 0 bridgehead atoms. The Morgan fingerprint density at radius 1 is 0.909 bits per heavy atom. The topological polar surface area (TPSA) is 102 Å². The smallest absolute Gasteiger partial charge is 0.249 e. The van der Waals surface area contributed by atoms with Gasteiger partial charge < -0.3 is 19.7 Å². The third kappa shape index (κ3) is 6.40. The van der Waals surface area contributed by atoms with E-state index in [1.807, 2.05) is 78.9 Å². The molecule has 224 valence electrons. The first-order valence-electron chi connectivity index (χ1n) is 14.6.